The quantitative estimate of drug-likeness (QED) is 0.565. The molecule has 1 atom stereocenters. The van der Waals surface area contributed by atoms with E-state index in [0.717, 1.165) is 11.3 Å². The minimum absolute atomic E-state index is 0.0407. The molecular weight excluding hydrogens is 400 g/mol. The zero-order chi connectivity index (χ0) is 21.1. The molecule has 30 heavy (non-hydrogen) atoms. The predicted molar refractivity (Wildman–Crippen MR) is 115 cm³/mol. The molecule has 2 heterocycles. The molecule has 1 unspecified atom stereocenters. The van der Waals surface area contributed by atoms with Crippen LogP contribution in [0.4, 0.5) is 0 Å². The smallest absolute Gasteiger partial charge is 0.233 e. The van der Waals surface area contributed by atoms with Crippen LogP contribution < -0.4 is 9.47 Å². The maximum Gasteiger partial charge on any atom is 0.233 e. The van der Waals surface area contributed by atoms with E-state index >= 15 is 0 Å². The summed E-state index contributed by atoms with van der Waals surface area (Å²) >= 11 is 1.37. The lowest BCUT2D eigenvalue weighted by molar-refractivity contribution is -0.127. The van der Waals surface area contributed by atoms with E-state index in [2.05, 4.69) is 23.2 Å². The summed E-state index contributed by atoms with van der Waals surface area (Å²) in [7, 11) is 3.70. The summed E-state index contributed by atoms with van der Waals surface area (Å²) in [6.07, 6.45) is -0.341. The first-order valence-corrected chi connectivity index (χ1v) is 10.7. The molecule has 1 aliphatic heterocycles. The Morgan fingerprint density at radius 2 is 1.90 bits per heavy atom. The summed E-state index contributed by atoms with van der Waals surface area (Å²) in [4.78, 5) is 14.3. The molecule has 0 N–H and O–H groups in total. The fraction of sp³-hybridized carbons (Fsp3) is 0.318. The van der Waals surface area contributed by atoms with Crippen molar-refractivity contribution in [2.45, 2.75) is 24.7 Å². The van der Waals surface area contributed by atoms with Crippen LogP contribution in [0.15, 0.2) is 53.7 Å². The highest BCUT2D eigenvalue weighted by Crippen LogP contribution is 2.35. The topological polar surface area (TPSA) is 69.5 Å². The number of carbonyl (C=O) groups is 1. The number of amides is 1. The number of nitrogens with zero attached hydrogens (tertiary/aromatic N) is 4. The second kappa shape index (κ2) is 8.79. The Kier molecular flexibility index (Phi) is 5.94. The maximum atomic E-state index is 12.6. The molecule has 0 saturated heterocycles. The van der Waals surface area contributed by atoms with Gasteiger partial charge in [0.1, 0.15) is 6.61 Å². The van der Waals surface area contributed by atoms with Crippen LogP contribution >= 0.6 is 11.8 Å². The summed E-state index contributed by atoms with van der Waals surface area (Å²) in [6.45, 7) is 3.01. The van der Waals surface area contributed by atoms with Gasteiger partial charge in [-0.3, -0.25) is 4.79 Å². The third-order valence-electron chi connectivity index (χ3n) is 5.08. The molecule has 156 valence electrons. The van der Waals surface area contributed by atoms with Gasteiger partial charge in [-0.2, -0.15) is 0 Å². The van der Waals surface area contributed by atoms with Gasteiger partial charge in [-0.05, 0) is 30.2 Å². The van der Waals surface area contributed by atoms with Crippen molar-refractivity contribution < 1.29 is 14.3 Å². The van der Waals surface area contributed by atoms with Gasteiger partial charge in [0.2, 0.25) is 5.91 Å². The number of ether oxygens (including phenoxy) is 2. The van der Waals surface area contributed by atoms with Crippen molar-refractivity contribution in [2.75, 3.05) is 19.4 Å². The minimum Gasteiger partial charge on any atom is -0.485 e. The van der Waals surface area contributed by atoms with Crippen molar-refractivity contribution >= 4 is 17.7 Å². The van der Waals surface area contributed by atoms with E-state index in [-0.39, 0.29) is 12.0 Å². The van der Waals surface area contributed by atoms with E-state index in [1.54, 1.807) is 4.90 Å². The summed E-state index contributed by atoms with van der Waals surface area (Å²) in [6, 6.07) is 15.7. The fourth-order valence-corrected chi connectivity index (χ4v) is 4.11. The zero-order valence-electron chi connectivity index (χ0n) is 17.2. The number of fused-ring (bicyclic) bond motifs is 1. The summed E-state index contributed by atoms with van der Waals surface area (Å²) < 4.78 is 13.7. The minimum atomic E-state index is -0.341. The molecule has 8 heteroatoms. The molecule has 1 aromatic heterocycles. The highest BCUT2D eigenvalue weighted by atomic mass is 32.2. The first-order valence-electron chi connectivity index (χ1n) is 9.72. The molecule has 2 aromatic carbocycles. The van der Waals surface area contributed by atoms with Crippen molar-refractivity contribution in [3.63, 3.8) is 0 Å². The molecule has 0 saturated carbocycles. The van der Waals surface area contributed by atoms with Crippen LogP contribution in [-0.4, -0.2) is 45.0 Å². The highest BCUT2D eigenvalue weighted by molar-refractivity contribution is 7.99. The Morgan fingerprint density at radius 1 is 1.17 bits per heavy atom. The van der Waals surface area contributed by atoms with Crippen molar-refractivity contribution in [3.8, 4) is 11.5 Å². The third kappa shape index (κ3) is 4.28. The average molecular weight is 425 g/mol. The third-order valence-corrected chi connectivity index (χ3v) is 6.09. The average Bonchev–Trinajstić information content (AvgIpc) is 3.13. The molecule has 0 spiro atoms. The summed E-state index contributed by atoms with van der Waals surface area (Å²) in [5.74, 6) is 2.43. The lowest BCUT2D eigenvalue weighted by Gasteiger charge is -2.25. The number of rotatable bonds is 6. The van der Waals surface area contributed by atoms with Gasteiger partial charge in [-0.15, -0.1) is 10.2 Å². The van der Waals surface area contributed by atoms with Crippen LogP contribution in [0.3, 0.4) is 0 Å². The van der Waals surface area contributed by atoms with Gasteiger partial charge >= 0.3 is 0 Å². The van der Waals surface area contributed by atoms with Crippen molar-refractivity contribution in [1.82, 2.24) is 19.7 Å². The molecule has 0 fully saturated rings. The van der Waals surface area contributed by atoms with Crippen molar-refractivity contribution in [3.05, 3.63) is 65.5 Å². The van der Waals surface area contributed by atoms with Gasteiger partial charge in [-0.25, -0.2) is 0 Å². The lowest BCUT2D eigenvalue weighted by atomic mass is 10.1. The van der Waals surface area contributed by atoms with E-state index in [1.807, 2.05) is 61.1 Å². The largest absolute Gasteiger partial charge is 0.485 e. The second-order valence-electron chi connectivity index (χ2n) is 7.23. The number of aryl methyl sites for hydroxylation is 1. The van der Waals surface area contributed by atoms with Crippen LogP contribution in [-0.2, 0) is 18.4 Å². The van der Waals surface area contributed by atoms with Crippen LogP contribution in [0, 0.1) is 6.92 Å². The molecule has 3 aromatic rings. The number of hydrogen-bond acceptors (Lipinski definition) is 6. The Balaban J connectivity index is 1.36. The molecule has 0 radical (unpaired) electrons. The van der Waals surface area contributed by atoms with Crippen LogP contribution in [0.2, 0.25) is 0 Å². The van der Waals surface area contributed by atoms with Gasteiger partial charge in [0.05, 0.1) is 5.75 Å². The van der Waals surface area contributed by atoms with Gasteiger partial charge in [0.15, 0.2) is 28.6 Å². The van der Waals surface area contributed by atoms with Crippen LogP contribution in [0.5, 0.6) is 11.5 Å². The Morgan fingerprint density at radius 3 is 2.70 bits per heavy atom. The normalized spacial score (nSPS) is 15.1. The molecule has 7 nitrogen and oxygen atoms in total. The highest BCUT2D eigenvalue weighted by Gasteiger charge is 2.27. The summed E-state index contributed by atoms with van der Waals surface area (Å²) in [5.41, 5.74) is 2.33. The molecule has 0 bridgehead atoms. The number of thioether (sulfide) groups is 1. The Labute approximate surface area is 180 Å². The van der Waals surface area contributed by atoms with Crippen molar-refractivity contribution in [2.24, 2.45) is 7.05 Å². The monoisotopic (exact) mass is 424 g/mol. The van der Waals surface area contributed by atoms with Crippen molar-refractivity contribution in [1.29, 1.82) is 0 Å². The van der Waals surface area contributed by atoms with E-state index in [4.69, 9.17) is 9.47 Å². The van der Waals surface area contributed by atoms with Gasteiger partial charge in [0.25, 0.3) is 0 Å². The molecule has 4 rings (SSSR count). The number of carbonyl (C=O) groups excluding carboxylic acids is 1. The van der Waals surface area contributed by atoms with Crippen LogP contribution in [0.25, 0.3) is 0 Å². The molecule has 1 amide bonds. The van der Waals surface area contributed by atoms with E-state index < -0.39 is 0 Å². The zero-order valence-corrected chi connectivity index (χ0v) is 18.1. The number of benzene rings is 2. The predicted octanol–water partition coefficient (Wildman–Crippen LogP) is 3.39. The molecular formula is C22H24N4O3S. The number of aromatic nitrogens is 3. The number of para-hydroxylation sites is 2. The van der Waals surface area contributed by atoms with E-state index in [0.29, 0.717) is 35.6 Å². The lowest BCUT2D eigenvalue weighted by Crippen LogP contribution is -2.28. The number of hydrogen-bond donors (Lipinski definition) is 0. The maximum absolute atomic E-state index is 12.6. The van der Waals surface area contributed by atoms with Crippen LogP contribution in [0.1, 0.15) is 23.1 Å². The fourth-order valence-electron chi connectivity index (χ4n) is 3.25. The van der Waals surface area contributed by atoms with Gasteiger partial charge < -0.3 is 18.9 Å². The second-order valence-corrected chi connectivity index (χ2v) is 8.17. The first-order chi connectivity index (χ1) is 14.5. The summed E-state index contributed by atoms with van der Waals surface area (Å²) in [5, 5.41) is 9.19. The van der Waals surface area contributed by atoms with E-state index in [1.165, 1.54) is 17.3 Å². The van der Waals surface area contributed by atoms with Gasteiger partial charge in [0, 0.05) is 20.6 Å². The standard InChI is InChI=1S/C22H24N4O3S/c1-15-8-4-5-9-16(15)12-25(2)20(27)14-30-22-24-23-21(26(22)3)19-13-28-17-10-6-7-11-18(17)29-19/h4-11,19H,12-14H2,1-3H3. The SMILES string of the molecule is Cc1ccccc1CN(C)C(=O)CSc1nnc(C2COc3ccccc3O2)n1C. The first kappa shape index (κ1) is 20.3. The molecule has 0 aliphatic carbocycles. The Bertz CT molecular complexity index is 1050. The van der Waals surface area contributed by atoms with Gasteiger partial charge in [-0.1, -0.05) is 48.2 Å². The molecule has 1 aliphatic rings. The van der Waals surface area contributed by atoms with E-state index in [9.17, 15) is 4.79 Å². The Hall–Kier alpha value is -3.00.